The fourth-order valence-electron chi connectivity index (χ4n) is 4.11. The van der Waals surface area contributed by atoms with Gasteiger partial charge in [0, 0.05) is 43.1 Å². The molecular weight excluding hydrogens is 422 g/mol. The van der Waals surface area contributed by atoms with Crippen LogP contribution in [0.25, 0.3) is 11.1 Å². The van der Waals surface area contributed by atoms with E-state index < -0.39 is 0 Å². The second kappa shape index (κ2) is 9.73. The summed E-state index contributed by atoms with van der Waals surface area (Å²) in [5.41, 5.74) is 4.14. The number of morpholine rings is 2. The molecule has 1 amide bonds. The van der Waals surface area contributed by atoms with E-state index in [9.17, 15) is 4.79 Å². The third kappa shape index (κ3) is 4.65. The minimum atomic E-state index is -0.0779. The van der Waals surface area contributed by atoms with Gasteiger partial charge in [-0.25, -0.2) is 0 Å². The Morgan fingerprint density at radius 1 is 0.812 bits per heavy atom. The van der Waals surface area contributed by atoms with Crippen LogP contribution in [-0.4, -0.2) is 58.5 Å². The summed E-state index contributed by atoms with van der Waals surface area (Å²) in [6.07, 6.45) is 0. The SMILES string of the molecule is O=C(Nc1cccc(N2CCOCC2)c1)c1cc(-c2ccccc2)c(N2CCOCC2)s1. The monoisotopic (exact) mass is 449 g/mol. The van der Waals surface area contributed by atoms with Gasteiger partial charge in [-0.3, -0.25) is 4.79 Å². The van der Waals surface area contributed by atoms with Crippen molar-refractivity contribution in [3.63, 3.8) is 0 Å². The van der Waals surface area contributed by atoms with Gasteiger partial charge < -0.3 is 24.6 Å². The lowest BCUT2D eigenvalue weighted by molar-refractivity contribution is 0.103. The average molecular weight is 450 g/mol. The quantitative estimate of drug-likeness (QED) is 0.628. The number of carbonyl (C=O) groups is 1. The van der Waals surface area contributed by atoms with Crippen LogP contribution in [0.2, 0.25) is 0 Å². The summed E-state index contributed by atoms with van der Waals surface area (Å²) < 4.78 is 11.0. The van der Waals surface area contributed by atoms with Crippen LogP contribution in [0.3, 0.4) is 0 Å². The Morgan fingerprint density at radius 3 is 2.22 bits per heavy atom. The molecule has 3 heterocycles. The molecule has 2 saturated heterocycles. The normalized spacial score (nSPS) is 16.8. The molecule has 7 heteroatoms. The molecule has 1 aromatic heterocycles. The Bertz CT molecular complexity index is 1060. The van der Waals surface area contributed by atoms with Crippen LogP contribution in [-0.2, 0) is 9.47 Å². The standard InChI is InChI=1S/C25H27N3O3S/c29-24(26-20-7-4-8-21(17-20)27-9-13-30-14-10-27)23-18-22(19-5-2-1-3-6-19)25(32-23)28-11-15-31-16-12-28/h1-8,17-18H,9-16H2,(H,26,29). The molecule has 0 aliphatic carbocycles. The highest BCUT2D eigenvalue weighted by Gasteiger charge is 2.22. The third-order valence-corrected chi connectivity index (χ3v) is 6.99. The summed E-state index contributed by atoms with van der Waals surface area (Å²) in [7, 11) is 0. The lowest BCUT2D eigenvalue weighted by Crippen LogP contribution is -2.36. The number of benzene rings is 2. The van der Waals surface area contributed by atoms with E-state index in [1.54, 1.807) is 11.3 Å². The van der Waals surface area contributed by atoms with Crippen molar-refractivity contribution >= 4 is 33.6 Å². The largest absolute Gasteiger partial charge is 0.378 e. The summed E-state index contributed by atoms with van der Waals surface area (Å²) >= 11 is 1.55. The number of hydrogen-bond donors (Lipinski definition) is 1. The fraction of sp³-hybridized carbons (Fsp3) is 0.320. The molecule has 2 fully saturated rings. The number of amides is 1. The first kappa shape index (κ1) is 21.0. The smallest absolute Gasteiger partial charge is 0.265 e. The Kier molecular flexibility index (Phi) is 6.39. The molecule has 2 aromatic carbocycles. The number of ether oxygens (including phenoxy) is 2. The molecule has 32 heavy (non-hydrogen) atoms. The second-order valence-electron chi connectivity index (χ2n) is 7.90. The lowest BCUT2D eigenvalue weighted by Gasteiger charge is -2.29. The summed E-state index contributed by atoms with van der Waals surface area (Å²) in [6, 6.07) is 20.3. The van der Waals surface area contributed by atoms with Gasteiger partial charge in [-0.15, -0.1) is 11.3 Å². The number of hydrogen-bond acceptors (Lipinski definition) is 6. The number of anilines is 3. The van der Waals surface area contributed by atoms with E-state index in [4.69, 9.17) is 9.47 Å². The van der Waals surface area contributed by atoms with Gasteiger partial charge in [0.25, 0.3) is 5.91 Å². The minimum absolute atomic E-state index is 0.0779. The molecule has 166 valence electrons. The van der Waals surface area contributed by atoms with Gasteiger partial charge in [-0.05, 0) is 29.8 Å². The molecule has 0 spiro atoms. The van der Waals surface area contributed by atoms with Crippen LogP contribution >= 0.6 is 11.3 Å². The van der Waals surface area contributed by atoms with Crippen molar-refractivity contribution < 1.29 is 14.3 Å². The van der Waals surface area contributed by atoms with Gasteiger partial charge in [-0.1, -0.05) is 36.4 Å². The van der Waals surface area contributed by atoms with E-state index in [0.29, 0.717) is 18.1 Å². The van der Waals surface area contributed by atoms with Gasteiger partial charge in [-0.2, -0.15) is 0 Å². The molecule has 0 bridgehead atoms. The Balaban J connectivity index is 1.39. The van der Waals surface area contributed by atoms with E-state index in [1.807, 2.05) is 42.5 Å². The molecule has 0 atom stereocenters. The van der Waals surface area contributed by atoms with E-state index in [-0.39, 0.29) is 5.91 Å². The zero-order valence-corrected chi connectivity index (χ0v) is 18.8. The molecule has 2 aliphatic heterocycles. The van der Waals surface area contributed by atoms with Crippen LogP contribution in [0.4, 0.5) is 16.4 Å². The van der Waals surface area contributed by atoms with Crippen molar-refractivity contribution in [3.05, 3.63) is 65.5 Å². The lowest BCUT2D eigenvalue weighted by atomic mass is 10.1. The average Bonchev–Trinajstić information content (AvgIpc) is 3.32. The van der Waals surface area contributed by atoms with Crippen molar-refractivity contribution in [1.29, 1.82) is 0 Å². The van der Waals surface area contributed by atoms with Crippen LogP contribution < -0.4 is 15.1 Å². The van der Waals surface area contributed by atoms with Crippen LogP contribution in [0, 0.1) is 0 Å². The molecule has 0 radical (unpaired) electrons. The summed E-state index contributed by atoms with van der Waals surface area (Å²) in [4.78, 5) is 18.5. The number of thiophene rings is 1. The molecule has 2 aliphatic rings. The Labute approximate surface area is 192 Å². The fourth-order valence-corrected chi connectivity index (χ4v) is 5.24. The predicted molar refractivity (Wildman–Crippen MR) is 130 cm³/mol. The van der Waals surface area contributed by atoms with Crippen molar-refractivity contribution in [2.24, 2.45) is 0 Å². The number of rotatable bonds is 5. The first-order valence-electron chi connectivity index (χ1n) is 11.0. The van der Waals surface area contributed by atoms with Crippen LogP contribution in [0.5, 0.6) is 0 Å². The molecule has 6 nitrogen and oxygen atoms in total. The number of nitrogens with one attached hydrogen (secondary N) is 1. The molecule has 0 saturated carbocycles. The number of carbonyl (C=O) groups excluding carboxylic acids is 1. The molecule has 5 rings (SSSR count). The highest BCUT2D eigenvalue weighted by atomic mass is 32.1. The van der Waals surface area contributed by atoms with E-state index in [0.717, 1.165) is 66.9 Å². The van der Waals surface area contributed by atoms with E-state index in [1.165, 1.54) is 0 Å². The van der Waals surface area contributed by atoms with Gasteiger partial charge in [0.1, 0.15) is 0 Å². The highest BCUT2D eigenvalue weighted by molar-refractivity contribution is 7.18. The van der Waals surface area contributed by atoms with Crippen molar-refractivity contribution in [2.45, 2.75) is 0 Å². The van der Waals surface area contributed by atoms with E-state index in [2.05, 4.69) is 33.3 Å². The van der Waals surface area contributed by atoms with E-state index >= 15 is 0 Å². The van der Waals surface area contributed by atoms with Crippen LogP contribution in [0.15, 0.2) is 60.7 Å². The molecule has 3 aromatic rings. The summed E-state index contributed by atoms with van der Waals surface area (Å²) in [5.74, 6) is -0.0779. The van der Waals surface area contributed by atoms with Crippen molar-refractivity contribution in [1.82, 2.24) is 0 Å². The predicted octanol–water partition coefficient (Wildman–Crippen LogP) is 4.34. The van der Waals surface area contributed by atoms with Crippen molar-refractivity contribution in [2.75, 3.05) is 67.7 Å². The van der Waals surface area contributed by atoms with Crippen molar-refractivity contribution in [3.8, 4) is 11.1 Å². The van der Waals surface area contributed by atoms with Crippen LogP contribution in [0.1, 0.15) is 9.67 Å². The maximum Gasteiger partial charge on any atom is 0.265 e. The summed E-state index contributed by atoms with van der Waals surface area (Å²) in [5, 5.41) is 4.23. The molecule has 0 unspecified atom stereocenters. The highest BCUT2D eigenvalue weighted by Crippen LogP contribution is 2.39. The topological polar surface area (TPSA) is 54.0 Å². The Morgan fingerprint density at radius 2 is 1.50 bits per heavy atom. The maximum atomic E-state index is 13.2. The minimum Gasteiger partial charge on any atom is -0.378 e. The van der Waals surface area contributed by atoms with Gasteiger partial charge in [0.05, 0.1) is 36.3 Å². The molecular formula is C25H27N3O3S. The zero-order valence-electron chi connectivity index (χ0n) is 18.0. The first-order chi connectivity index (χ1) is 15.8. The first-order valence-corrected chi connectivity index (χ1v) is 11.9. The molecule has 1 N–H and O–H groups in total. The van der Waals surface area contributed by atoms with Gasteiger partial charge in [0.15, 0.2) is 0 Å². The summed E-state index contributed by atoms with van der Waals surface area (Å²) in [6.45, 7) is 6.30. The Hall–Kier alpha value is -2.87. The third-order valence-electron chi connectivity index (χ3n) is 5.80. The maximum absolute atomic E-state index is 13.2. The number of nitrogens with zero attached hydrogens (tertiary/aromatic N) is 2. The van der Waals surface area contributed by atoms with Gasteiger partial charge in [0.2, 0.25) is 0 Å². The zero-order chi connectivity index (χ0) is 21.8. The van der Waals surface area contributed by atoms with Gasteiger partial charge >= 0.3 is 0 Å². The second-order valence-corrected chi connectivity index (χ2v) is 8.93.